The van der Waals surface area contributed by atoms with Gasteiger partial charge in [-0.15, -0.1) is 0 Å². The van der Waals surface area contributed by atoms with Crippen LogP contribution in [0.25, 0.3) is 0 Å². The fourth-order valence-corrected chi connectivity index (χ4v) is 2.45. The molecule has 66 valence electrons. The Hall–Kier alpha value is -0.603. The molecule has 0 saturated heterocycles. The van der Waals surface area contributed by atoms with Gasteiger partial charge in [-0.3, -0.25) is 0 Å². The Morgan fingerprint density at radius 1 is 1.17 bits per heavy atom. The van der Waals surface area contributed by atoms with Gasteiger partial charge in [0.05, 0.1) is 0 Å². The highest BCUT2D eigenvalue weighted by molar-refractivity contribution is 6.46. The molecule has 0 radical (unpaired) electrons. The third-order valence-corrected chi connectivity index (χ3v) is 2.95. The zero-order valence-corrected chi connectivity index (χ0v) is 9.38. The molecule has 0 amide bonds. The van der Waals surface area contributed by atoms with Gasteiger partial charge in [0.1, 0.15) is 0 Å². The Balaban J connectivity index is 3.14. The summed E-state index contributed by atoms with van der Waals surface area (Å²) in [6.07, 6.45) is 0. The minimum absolute atomic E-state index is 0.159. The summed E-state index contributed by atoms with van der Waals surface area (Å²) >= 11 is 0. The first-order valence-electron chi connectivity index (χ1n) is 4.25. The average Bonchev–Trinajstić information content (AvgIpc) is 2.03. The monoisotopic (exact) mass is 180 g/mol. The summed E-state index contributed by atoms with van der Waals surface area (Å²) in [7, 11) is -1.02. The van der Waals surface area contributed by atoms with Gasteiger partial charge in [0.2, 0.25) is 0 Å². The maximum atomic E-state index is 9.22. The number of benzene rings is 1. The highest BCUT2D eigenvalue weighted by Crippen LogP contribution is 2.19. The third-order valence-electron chi connectivity index (χ3n) is 2.00. The molecular formula is C10H16OSi. The van der Waals surface area contributed by atoms with Crippen LogP contribution in [0, 0.1) is 0 Å². The lowest BCUT2D eigenvalue weighted by Gasteiger charge is -2.21. The Kier molecular flexibility index (Phi) is 2.70. The van der Waals surface area contributed by atoms with E-state index in [1.54, 1.807) is 0 Å². The van der Waals surface area contributed by atoms with E-state index in [0.717, 1.165) is 0 Å². The second-order valence-corrected chi connectivity index (χ2v) is 5.14. The lowest BCUT2D eigenvalue weighted by molar-refractivity contribution is 0.586. The van der Waals surface area contributed by atoms with Gasteiger partial charge in [-0.05, 0) is 16.2 Å². The molecule has 12 heavy (non-hydrogen) atoms. The maximum absolute atomic E-state index is 9.22. The molecule has 0 atom stereocenters. The topological polar surface area (TPSA) is 20.2 Å². The predicted molar refractivity (Wildman–Crippen MR) is 55.5 cm³/mol. The molecule has 0 bridgehead atoms. The summed E-state index contributed by atoms with van der Waals surface area (Å²) in [6, 6.07) is 8.17. The Morgan fingerprint density at radius 2 is 1.75 bits per heavy atom. The van der Waals surface area contributed by atoms with Crippen LogP contribution in [0.15, 0.2) is 24.3 Å². The van der Waals surface area contributed by atoms with Crippen molar-refractivity contribution >= 4 is 14.9 Å². The predicted octanol–water partition coefficient (Wildman–Crippen LogP) is 0.685. The lowest BCUT2D eigenvalue weighted by atomic mass is 9.87. The summed E-state index contributed by atoms with van der Waals surface area (Å²) in [4.78, 5) is 9.22. The van der Waals surface area contributed by atoms with Crippen LogP contribution in [-0.4, -0.2) is 14.6 Å². The highest BCUT2D eigenvalue weighted by Gasteiger charge is 2.16. The summed E-state index contributed by atoms with van der Waals surface area (Å²) in [6.45, 7) is 6.53. The minimum Gasteiger partial charge on any atom is -0.433 e. The Bertz CT molecular complexity index is 263. The van der Waals surface area contributed by atoms with Crippen LogP contribution in [-0.2, 0) is 5.41 Å². The van der Waals surface area contributed by atoms with E-state index >= 15 is 0 Å². The van der Waals surface area contributed by atoms with Gasteiger partial charge in [0.15, 0.2) is 9.76 Å². The van der Waals surface area contributed by atoms with E-state index in [9.17, 15) is 4.80 Å². The molecule has 0 fully saturated rings. The van der Waals surface area contributed by atoms with E-state index in [-0.39, 0.29) is 5.41 Å². The summed E-state index contributed by atoms with van der Waals surface area (Å²) in [5.74, 6) is 0. The summed E-state index contributed by atoms with van der Waals surface area (Å²) < 4.78 is 0. The molecule has 0 spiro atoms. The molecule has 2 heteroatoms. The van der Waals surface area contributed by atoms with Crippen LogP contribution in [0.5, 0.6) is 0 Å². The van der Waals surface area contributed by atoms with Crippen molar-refractivity contribution in [1.82, 2.24) is 0 Å². The third kappa shape index (κ3) is 1.96. The second kappa shape index (κ2) is 3.41. The van der Waals surface area contributed by atoms with E-state index in [2.05, 4.69) is 26.8 Å². The quantitative estimate of drug-likeness (QED) is 0.630. The summed E-state index contributed by atoms with van der Waals surface area (Å²) in [5, 5.41) is 1.17. The SMILES string of the molecule is CC(C)(C)c1ccccc1[SiH2]O. The van der Waals surface area contributed by atoms with E-state index in [0.29, 0.717) is 0 Å². The fourth-order valence-electron chi connectivity index (χ4n) is 1.39. The van der Waals surface area contributed by atoms with Crippen LogP contribution >= 0.6 is 0 Å². The molecule has 1 aromatic carbocycles. The number of rotatable bonds is 1. The van der Waals surface area contributed by atoms with Crippen molar-refractivity contribution in [2.24, 2.45) is 0 Å². The van der Waals surface area contributed by atoms with E-state index in [4.69, 9.17) is 0 Å². The van der Waals surface area contributed by atoms with Gasteiger partial charge in [0.25, 0.3) is 0 Å². The van der Waals surface area contributed by atoms with Crippen molar-refractivity contribution in [3.63, 3.8) is 0 Å². The lowest BCUT2D eigenvalue weighted by Crippen LogP contribution is -2.27. The maximum Gasteiger partial charge on any atom is 0.188 e. The average molecular weight is 180 g/mol. The zero-order valence-electron chi connectivity index (χ0n) is 7.96. The van der Waals surface area contributed by atoms with Crippen molar-refractivity contribution in [3.8, 4) is 0 Å². The van der Waals surface area contributed by atoms with Gasteiger partial charge < -0.3 is 4.80 Å². The zero-order chi connectivity index (χ0) is 9.19. The first-order valence-corrected chi connectivity index (χ1v) is 5.59. The van der Waals surface area contributed by atoms with Gasteiger partial charge >= 0.3 is 0 Å². The normalized spacial score (nSPS) is 12.7. The van der Waals surface area contributed by atoms with Crippen LogP contribution < -0.4 is 5.19 Å². The molecule has 1 N–H and O–H groups in total. The molecule has 0 aliphatic rings. The molecule has 0 heterocycles. The minimum atomic E-state index is -1.02. The first kappa shape index (κ1) is 9.48. The molecule has 0 aliphatic carbocycles. The van der Waals surface area contributed by atoms with Crippen molar-refractivity contribution < 1.29 is 4.80 Å². The van der Waals surface area contributed by atoms with Gasteiger partial charge in [-0.2, -0.15) is 0 Å². The molecule has 1 rings (SSSR count). The molecule has 0 unspecified atom stereocenters. The largest absolute Gasteiger partial charge is 0.433 e. The van der Waals surface area contributed by atoms with Crippen molar-refractivity contribution in [2.45, 2.75) is 26.2 Å². The van der Waals surface area contributed by atoms with Crippen LogP contribution in [0.4, 0.5) is 0 Å². The van der Waals surface area contributed by atoms with E-state index in [1.807, 2.05) is 18.2 Å². The number of hydrogen-bond acceptors (Lipinski definition) is 1. The number of hydrogen-bond donors (Lipinski definition) is 1. The van der Waals surface area contributed by atoms with E-state index in [1.165, 1.54) is 10.8 Å². The van der Waals surface area contributed by atoms with Crippen molar-refractivity contribution in [2.75, 3.05) is 0 Å². The van der Waals surface area contributed by atoms with Gasteiger partial charge in [-0.1, -0.05) is 45.0 Å². The van der Waals surface area contributed by atoms with Crippen molar-refractivity contribution in [1.29, 1.82) is 0 Å². The standard InChI is InChI=1S/C10H16OSi/c1-10(2,3)8-6-4-5-7-9(8)12-11/h4-7,11H,12H2,1-3H3. The Labute approximate surface area is 76.4 Å². The van der Waals surface area contributed by atoms with E-state index < -0.39 is 9.76 Å². The molecule has 0 saturated carbocycles. The van der Waals surface area contributed by atoms with Gasteiger partial charge in [-0.25, -0.2) is 0 Å². The second-order valence-electron chi connectivity index (χ2n) is 4.07. The molecule has 0 aliphatic heterocycles. The fraction of sp³-hybridized carbons (Fsp3) is 0.400. The van der Waals surface area contributed by atoms with Crippen LogP contribution in [0.2, 0.25) is 0 Å². The van der Waals surface area contributed by atoms with Crippen LogP contribution in [0.3, 0.4) is 0 Å². The molecular weight excluding hydrogens is 164 g/mol. The molecule has 1 aromatic rings. The van der Waals surface area contributed by atoms with Gasteiger partial charge in [0, 0.05) is 0 Å². The molecule has 0 aromatic heterocycles. The smallest absolute Gasteiger partial charge is 0.188 e. The Morgan fingerprint density at radius 3 is 2.17 bits per heavy atom. The highest BCUT2D eigenvalue weighted by atomic mass is 28.2. The van der Waals surface area contributed by atoms with Crippen LogP contribution in [0.1, 0.15) is 26.3 Å². The summed E-state index contributed by atoms with van der Waals surface area (Å²) in [5.41, 5.74) is 1.45. The first-order chi connectivity index (χ1) is 5.55. The van der Waals surface area contributed by atoms with Crippen molar-refractivity contribution in [3.05, 3.63) is 29.8 Å². The molecule has 1 nitrogen and oxygen atoms in total.